The van der Waals surface area contributed by atoms with Crippen molar-refractivity contribution < 1.29 is 9.53 Å². The number of carbonyl (C=O) groups excluding carboxylic acids is 1. The maximum absolute atomic E-state index is 10.9. The van der Waals surface area contributed by atoms with Crippen LogP contribution in [0.15, 0.2) is 0 Å². The molecule has 1 N–H and O–H groups in total. The van der Waals surface area contributed by atoms with Crippen molar-refractivity contribution >= 4 is 6.09 Å². The summed E-state index contributed by atoms with van der Waals surface area (Å²) in [7, 11) is 0. The zero-order valence-corrected chi connectivity index (χ0v) is 7.73. The van der Waals surface area contributed by atoms with Gasteiger partial charge in [-0.25, -0.2) is 4.79 Å². The molecule has 0 saturated heterocycles. The Bertz CT molecular complexity index is 127. The number of rotatable bonds is 2. The molecule has 0 saturated carbocycles. The van der Waals surface area contributed by atoms with Crippen molar-refractivity contribution in [3.63, 3.8) is 0 Å². The van der Waals surface area contributed by atoms with Crippen LogP contribution in [0.1, 0.15) is 34.1 Å². The van der Waals surface area contributed by atoms with Crippen LogP contribution < -0.4 is 5.32 Å². The number of amides is 1. The molecule has 0 radical (unpaired) electrons. The minimum atomic E-state index is -0.391. The van der Waals surface area contributed by atoms with Gasteiger partial charge in [0, 0.05) is 6.54 Å². The lowest BCUT2D eigenvalue weighted by molar-refractivity contribution is 0.0528. The van der Waals surface area contributed by atoms with Crippen molar-refractivity contribution in [1.82, 2.24) is 5.32 Å². The molecular formula is C8H17NO2. The minimum absolute atomic E-state index is 0.334. The van der Waals surface area contributed by atoms with E-state index in [0.29, 0.717) is 6.54 Å². The van der Waals surface area contributed by atoms with E-state index in [2.05, 4.69) is 5.32 Å². The third-order valence-electron chi connectivity index (χ3n) is 0.918. The van der Waals surface area contributed by atoms with E-state index in [1.165, 1.54) is 0 Å². The Hall–Kier alpha value is -0.730. The van der Waals surface area contributed by atoms with Crippen molar-refractivity contribution in [3.8, 4) is 0 Å². The molecule has 1 amide bonds. The third-order valence-corrected chi connectivity index (χ3v) is 0.918. The fourth-order valence-corrected chi connectivity index (χ4v) is 0.541. The Morgan fingerprint density at radius 1 is 1.45 bits per heavy atom. The Kier molecular flexibility index (Phi) is 3.93. The summed E-state index contributed by atoms with van der Waals surface area (Å²) in [6.45, 7) is 8.21. The number of hydrogen-bond acceptors (Lipinski definition) is 2. The fourth-order valence-electron chi connectivity index (χ4n) is 0.541. The second-order valence-electron chi connectivity index (χ2n) is 3.43. The topological polar surface area (TPSA) is 38.3 Å². The summed E-state index contributed by atoms with van der Waals surface area (Å²) < 4.78 is 4.99. The second kappa shape index (κ2) is 4.21. The van der Waals surface area contributed by atoms with Crippen LogP contribution >= 0.6 is 0 Å². The van der Waals surface area contributed by atoms with Gasteiger partial charge in [0.1, 0.15) is 5.60 Å². The quantitative estimate of drug-likeness (QED) is 0.668. The van der Waals surface area contributed by atoms with Crippen LogP contribution in [0.25, 0.3) is 0 Å². The SMILES string of the molecule is CCCNC(=O)OC(C)(C)C. The molecule has 0 spiro atoms. The molecule has 0 aliphatic carbocycles. The molecule has 66 valence electrons. The minimum Gasteiger partial charge on any atom is -0.444 e. The average molecular weight is 159 g/mol. The van der Waals surface area contributed by atoms with Gasteiger partial charge in [0.25, 0.3) is 0 Å². The van der Waals surface area contributed by atoms with E-state index >= 15 is 0 Å². The molecule has 0 aliphatic rings. The summed E-state index contributed by atoms with van der Waals surface area (Å²) in [5.74, 6) is 0. The van der Waals surface area contributed by atoms with Crippen LogP contribution in [0.3, 0.4) is 0 Å². The first kappa shape index (κ1) is 10.3. The molecule has 3 nitrogen and oxygen atoms in total. The van der Waals surface area contributed by atoms with Gasteiger partial charge in [-0.2, -0.15) is 0 Å². The Morgan fingerprint density at radius 3 is 2.36 bits per heavy atom. The first-order valence-corrected chi connectivity index (χ1v) is 3.92. The standard InChI is InChI=1S/C8H17NO2/c1-5-6-9-7(10)11-8(2,3)4/h5-6H2,1-4H3,(H,9,10). The molecule has 0 bridgehead atoms. The highest BCUT2D eigenvalue weighted by Gasteiger charge is 2.14. The van der Waals surface area contributed by atoms with Gasteiger partial charge >= 0.3 is 6.09 Å². The fraction of sp³-hybridized carbons (Fsp3) is 0.875. The van der Waals surface area contributed by atoms with Gasteiger partial charge in [0.15, 0.2) is 0 Å². The van der Waals surface area contributed by atoms with Gasteiger partial charge in [-0.05, 0) is 27.2 Å². The van der Waals surface area contributed by atoms with Gasteiger partial charge in [0.2, 0.25) is 0 Å². The molecule has 11 heavy (non-hydrogen) atoms. The smallest absolute Gasteiger partial charge is 0.407 e. The van der Waals surface area contributed by atoms with Crippen LogP contribution in [0.5, 0.6) is 0 Å². The maximum atomic E-state index is 10.9. The summed E-state index contributed by atoms with van der Waals surface area (Å²) in [5.41, 5.74) is -0.391. The van der Waals surface area contributed by atoms with Crippen LogP contribution in [0, 0.1) is 0 Å². The van der Waals surface area contributed by atoms with Crippen LogP contribution in [-0.2, 0) is 4.74 Å². The maximum Gasteiger partial charge on any atom is 0.407 e. The molecule has 0 aromatic rings. The van der Waals surface area contributed by atoms with Crippen molar-refractivity contribution in [2.75, 3.05) is 6.54 Å². The molecule has 0 atom stereocenters. The van der Waals surface area contributed by atoms with Gasteiger partial charge in [0.05, 0.1) is 0 Å². The zero-order valence-electron chi connectivity index (χ0n) is 7.73. The second-order valence-corrected chi connectivity index (χ2v) is 3.43. The van der Waals surface area contributed by atoms with E-state index in [9.17, 15) is 4.79 Å². The van der Waals surface area contributed by atoms with E-state index in [4.69, 9.17) is 4.74 Å². The third kappa shape index (κ3) is 7.16. The predicted molar refractivity (Wildman–Crippen MR) is 44.5 cm³/mol. The van der Waals surface area contributed by atoms with Gasteiger partial charge in [-0.3, -0.25) is 0 Å². The number of nitrogens with one attached hydrogen (secondary N) is 1. The molecule has 0 rings (SSSR count). The van der Waals surface area contributed by atoms with Crippen LogP contribution in [0.2, 0.25) is 0 Å². The Balaban J connectivity index is 3.53. The summed E-state index contributed by atoms with van der Waals surface area (Å²) in [4.78, 5) is 10.9. The summed E-state index contributed by atoms with van der Waals surface area (Å²) >= 11 is 0. The molecule has 0 aromatic heterocycles. The van der Waals surface area contributed by atoms with Crippen LogP contribution in [0.4, 0.5) is 4.79 Å². The number of ether oxygens (including phenoxy) is 1. The summed E-state index contributed by atoms with van der Waals surface area (Å²) in [5, 5.41) is 2.63. The number of hydrogen-bond donors (Lipinski definition) is 1. The van der Waals surface area contributed by atoms with Gasteiger partial charge < -0.3 is 10.1 Å². The Morgan fingerprint density at radius 2 is 2.00 bits per heavy atom. The highest BCUT2D eigenvalue weighted by Crippen LogP contribution is 2.05. The molecule has 3 heteroatoms. The zero-order chi connectivity index (χ0) is 8.91. The lowest BCUT2D eigenvalue weighted by Crippen LogP contribution is -2.32. The first-order chi connectivity index (χ1) is 4.95. The molecular weight excluding hydrogens is 142 g/mol. The van der Waals surface area contributed by atoms with Gasteiger partial charge in [-0.15, -0.1) is 0 Å². The lowest BCUT2D eigenvalue weighted by atomic mass is 10.2. The van der Waals surface area contributed by atoms with Crippen molar-refractivity contribution in [2.24, 2.45) is 0 Å². The normalized spacial score (nSPS) is 10.9. The van der Waals surface area contributed by atoms with E-state index in [0.717, 1.165) is 6.42 Å². The lowest BCUT2D eigenvalue weighted by Gasteiger charge is -2.19. The number of carbonyl (C=O) groups is 1. The largest absolute Gasteiger partial charge is 0.444 e. The first-order valence-electron chi connectivity index (χ1n) is 3.92. The molecule has 0 aromatic carbocycles. The summed E-state index contributed by atoms with van der Waals surface area (Å²) in [6, 6.07) is 0. The van der Waals surface area contributed by atoms with Crippen molar-refractivity contribution in [2.45, 2.75) is 39.7 Å². The Labute approximate surface area is 68.1 Å². The monoisotopic (exact) mass is 159 g/mol. The van der Waals surface area contributed by atoms with E-state index in [1.54, 1.807) is 0 Å². The highest BCUT2D eigenvalue weighted by atomic mass is 16.6. The van der Waals surface area contributed by atoms with Gasteiger partial charge in [-0.1, -0.05) is 6.92 Å². The van der Waals surface area contributed by atoms with Crippen molar-refractivity contribution in [3.05, 3.63) is 0 Å². The molecule has 0 fully saturated rings. The molecule has 0 heterocycles. The van der Waals surface area contributed by atoms with E-state index in [1.807, 2.05) is 27.7 Å². The average Bonchev–Trinajstić information content (AvgIpc) is 1.79. The van der Waals surface area contributed by atoms with Crippen molar-refractivity contribution in [1.29, 1.82) is 0 Å². The molecule has 0 unspecified atom stereocenters. The molecule has 0 aliphatic heterocycles. The highest BCUT2D eigenvalue weighted by molar-refractivity contribution is 5.67. The predicted octanol–water partition coefficient (Wildman–Crippen LogP) is 1.92. The number of alkyl carbamates (subject to hydrolysis) is 1. The van der Waals surface area contributed by atoms with Crippen LogP contribution in [-0.4, -0.2) is 18.2 Å². The van der Waals surface area contributed by atoms with E-state index in [-0.39, 0.29) is 6.09 Å². The summed E-state index contributed by atoms with van der Waals surface area (Å²) in [6.07, 6.45) is 0.596. The van der Waals surface area contributed by atoms with E-state index < -0.39 is 5.60 Å².